The number of fused-ring (bicyclic) bond motifs is 2. The number of nitrogens with zero attached hydrogens (tertiary/aromatic N) is 3. The molecule has 33 heavy (non-hydrogen) atoms. The first-order valence-corrected chi connectivity index (χ1v) is 11.4. The highest BCUT2D eigenvalue weighted by Gasteiger charge is 2.46. The molecule has 3 fully saturated rings. The number of carbonyl (C=O) groups is 3. The number of ether oxygens (including phenoxy) is 2. The van der Waals surface area contributed by atoms with Gasteiger partial charge in [0, 0.05) is 32.6 Å². The van der Waals surface area contributed by atoms with Gasteiger partial charge < -0.3 is 24.6 Å². The Labute approximate surface area is 195 Å². The van der Waals surface area contributed by atoms with E-state index in [-0.39, 0.29) is 24.4 Å². The molecule has 1 aromatic rings. The van der Waals surface area contributed by atoms with Crippen molar-refractivity contribution in [3.63, 3.8) is 0 Å². The molecular formula is C24H36N4O5. The van der Waals surface area contributed by atoms with Crippen molar-refractivity contribution in [3.8, 4) is 0 Å². The summed E-state index contributed by atoms with van der Waals surface area (Å²) in [4.78, 5) is 45.5. The Morgan fingerprint density at radius 2 is 1.67 bits per heavy atom. The fraction of sp³-hybridized carbons (Fsp3) is 0.667. The molecule has 9 heteroatoms. The van der Waals surface area contributed by atoms with Crippen LogP contribution < -0.4 is 10.2 Å². The van der Waals surface area contributed by atoms with Gasteiger partial charge in [0.05, 0.1) is 12.1 Å². The van der Waals surface area contributed by atoms with Gasteiger partial charge in [-0.25, -0.2) is 14.6 Å². The van der Waals surface area contributed by atoms with Crippen molar-refractivity contribution >= 4 is 23.8 Å². The number of piperazine rings is 1. The normalized spacial score (nSPS) is 21.1. The Balaban J connectivity index is 1.66. The second kappa shape index (κ2) is 9.19. The van der Waals surface area contributed by atoms with Gasteiger partial charge in [-0.3, -0.25) is 4.79 Å². The number of hydrogen-bond acceptors (Lipinski definition) is 7. The van der Waals surface area contributed by atoms with Gasteiger partial charge in [-0.15, -0.1) is 0 Å². The second-order valence-corrected chi connectivity index (χ2v) is 10.8. The van der Waals surface area contributed by atoms with Gasteiger partial charge in [-0.05, 0) is 59.6 Å². The minimum absolute atomic E-state index is 0.130. The fourth-order valence-corrected chi connectivity index (χ4v) is 4.29. The quantitative estimate of drug-likeness (QED) is 0.674. The average Bonchev–Trinajstić information content (AvgIpc) is 2.64. The highest BCUT2D eigenvalue weighted by atomic mass is 16.6. The zero-order valence-corrected chi connectivity index (χ0v) is 20.7. The molecule has 9 nitrogen and oxygen atoms in total. The monoisotopic (exact) mass is 460 g/mol. The number of rotatable bonds is 5. The standard InChI is InChI=1S/C24H36N4O5/c1-15(29)28-17-11-18(28)14-27(13-17)20-9-8-16(12-25-20)10-19(21(30)32-23(2,3)4)26-22(31)33-24(5,6)7/h8-9,12,17-19H,10-11,13-14H2,1-7H3,(H,26,31)/t17?,18?,19-/m0/s1. The third-order valence-corrected chi connectivity index (χ3v) is 5.51. The van der Waals surface area contributed by atoms with E-state index in [9.17, 15) is 14.4 Å². The molecule has 4 rings (SSSR count). The Hall–Kier alpha value is -2.84. The maximum atomic E-state index is 12.8. The molecule has 1 N–H and O–H groups in total. The number of piperidine rings is 1. The summed E-state index contributed by atoms with van der Waals surface area (Å²) in [5.41, 5.74) is -0.576. The van der Waals surface area contributed by atoms with E-state index >= 15 is 0 Å². The minimum atomic E-state index is -0.904. The summed E-state index contributed by atoms with van der Waals surface area (Å²) in [7, 11) is 0. The van der Waals surface area contributed by atoms with E-state index in [4.69, 9.17) is 9.47 Å². The van der Waals surface area contributed by atoms with Crippen LogP contribution >= 0.6 is 0 Å². The highest BCUT2D eigenvalue weighted by molar-refractivity contribution is 5.82. The lowest BCUT2D eigenvalue weighted by Crippen LogP contribution is -2.70. The number of anilines is 1. The number of pyridine rings is 1. The zero-order chi connectivity index (χ0) is 24.6. The summed E-state index contributed by atoms with van der Waals surface area (Å²) >= 11 is 0. The van der Waals surface area contributed by atoms with Crippen molar-refractivity contribution in [2.24, 2.45) is 0 Å². The van der Waals surface area contributed by atoms with Crippen LogP contribution in [0, 0.1) is 0 Å². The Morgan fingerprint density at radius 1 is 1.06 bits per heavy atom. The third kappa shape index (κ3) is 6.58. The molecule has 0 spiro atoms. The molecule has 3 atom stereocenters. The van der Waals surface area contributed by atoms with Crippen LogP contribution in [-0.2, 0) is 25.5 Å². The van der Waals surface area contributed by atoms with Crippen molar-refractivity contribution in [2.45, 2.75) is 90.6 Å². The summed E-state index contributed by atoms with van der Waals surface area (Å²) in [5.74, 6) is 0.438. The molecule has 0 radical (unpaired) electrons. The van der Waals surface area contributed by atoms with Gasteiger partial charge >= 0.3 is 12.1 Å². The molecule has 0 saturated carbocycles. The van der Waals surface area contributed by atoms with Crippen LogP contribution in [0.25, 0.3) is 0 Å². The van der Waals surface area contributed by atoms with Crippen LogP contribution in [0.2, 0.25) is 0 Å². The molecule has 3 aliphatic heterocycles. The number of aromatic nitrogens is 1. The van der Waals surface area contributed by atoms with Crippen LogP contribution in [-0.4, -0.2) is 70.3 Å². The van der Waals surface area contributed by atoms with Crippen molar-refractivity contribution in [1.82, 2.24) is 15.2 Å². The highest BCUT2D eigenvalue weighted by Crippen LogP contribution is 2.34. The summed E-state index contributed by atoms with van der Waals surface area (Å²) < 4.78 is 10.8. The number of carbonyl (C=O) groups excluding carboxylic acids is 3. The van der Waals surface area contributed by atoms with Gasteiger partial charge in [-0.1, -0.05) is 6.07 Å². The first-order valence-electron chi connectivity index (χ1n) is 11.4. The number of nitrogens with one attached hydrogen (secondary N) is 1. The molecular weight excluding hydrogens is 424 g/mol. The lowest BCUT2D eigenvalue weighted by molar-refractivity contribution is -0.157. The summed E-state index contributed by atoms with van der Waals surface area (Å²) in [6.45, 7) is 13.8. The van der Waals surface area contributed by atoms with E-state index in [0.29, 0.717) is 0 Å². The van der Waals surface area contributed by atoms with E-state index < -0.39 is 29.3 Å². The van der Waals surface area contributed by atoms with Crippen LogP contribution in [0.4, 0.5) is 10.6 Å². The minimum Gasteiger partial charge on any atom is -0.458 e. The van der Waals surface area contributed by atoms with Crippen LogP contribution in [0.15, 0.2) is 18.3 Å². The Kier molecular flexibility index (Phi) is 6.91. The van der Waals surface area contributed by atoms with Gasteiger partial charge in [0.15, 0.2) is 0 Å². The number of amides is 2. The van der Waals surface area contributed by atoms with Crippen LogP contribution in [0.5, 0.6) is 0 Å². The van der Waals surface area contributed by atoms with E-state index in [0.717, 1.165) is 30.9 Å². The lowest BCUT2D eigenvalue weighted by atomic mass is 9.87. The van der Waals surface area contributed by atoms with Crippen molar-refractivity contribution in [3.05, 3.63) is 23.9 Å². The Bertz CT molecular complexity index is 876. The topological polar surface area (TPSA) is 101 Å². The second-order valence-electron chi connectivity index (χ2n) is 10.8. The Morgan fingerprint density at radius 3 is 2.15 bits per heavy atom. The van der Waals surface area contributed by atoms with Gasteiger partial charge in [-0.2, -0.15) is 0 Å². The van der Waals surface area contributed by atoms with Crippen LogP contribution in [0.1, 0.15) is 60.5 Å². The van der Waals surface area contributed by atoms with Gasteiger partial charge in [0.2, 0.25) is 5.91 Å². The van der Waals surface area contributed by atoms with Crippen molar-refractivity contribution in [2.75, 3.05) is 18.0 Å². The predicted octanol–water partition coefficient (Wildman–Crippen LogP) is 2.67. The summed E-state index contributed by atoms with van der Waals surface area (Å²) in [6, 6.07) is 3.41. The third-order valence-electron chi connectivity index (χ3n) is 5.51. The van der Waals surface area contributed by atoms with Gasteiger partial charge in [0.1, 0.15) is 23.1 Å². The molecule has 0 aromatic carbocycles. The molecule has 4 heterocycles. The summed E-state index contributed by atoms with van der Waals surface area (Å²) in [6.07, 6.45) is 2.31. The molecule has 2 unspecified atom stereocenters. The smallest absolute Gasteiger partial charge is 0.408 e. The largest absolute Gasteiger partial charge is 0.458 e. The maximum absolute atomic E-state index is 12.8. The molecule has 1 aromatic heterocycles. The first-order chi connectivity index (χ1) is 15.2. The molecule has 2 amide bonds. The molecule has 2 bridgehead atoms. The zero-order valence-electron chi connectivity index (χ0n) is 20.7. The fourth-order valence-electron chi connectivity index (χ4n) is 4.29. The van der Waals surface area contributed by atoms with Gasteiger partial charge in [0.25, 0.3) is 0 Å². The molecule has 0 aliphatic carbocycles. The molecule has 3 aliphatic rings. The average molecular weight is 461 g/mol. The SMILES string of the molecule is CC(=O)N1C2CC1CN(c1ccc(C[C@H](NC(=O)OC(C)(C)C)C(=O)OC(C)(C)C)cn1)C2. The number of alkyl carbamates (subject to hydrolysis) is 1. The van der Waals surface area contributed by atoms with E-state index in [1.807, 2.05) is 17.0 Å². The van der Waals surface area contributed by atoms with Crippen molar-refractivity contribution < 1.29 is 23.9 Å². The predicted molar refractivity (Wildman–Crippen MR) is 124 cm³/mol. The molecule has 3 saturated heterocycles. The molecule has 182 valence electrons. The van der Waals surface area contributed by atoms with E-state index in [2.05, 4.69) is 15.2 Å². The van der Waals surface area contributed by atoms with Crippen LogP contribution in [0.3, 0.4) is 0 Å². The van der Waals surface area contributed by atoms with E-state index in [1.165, 1.54) is 0 Å². The number of esters is 1. The van der Waals surface area contributed by atoms with Crippen molar-refractivity contribution in [1.29, 1.82) is 0 Å². The maximum Gasteiger partial charge on any atom is 0.408 e. The van der Waals surface area contributed by atoms with E-state index in [1.54, 1.807) is 54.7 Å². The summed E-state index contributed by atoms with van der Waals surface area (Å²) in [5, 5.41) is 2.64. The lowest BCUT2D eigenvalue weighted by Gasteiger charge is -2.56. The number of hydrogen-bond donors (Lipinski definition) is 1. The first kappa shape index (κ1) is 24.8.